The number of anilines is 3. The molecule has 24 heteroatoms. The molecule has 2 heterocycles. The van der Waals surface area contributed by atoms with Crippen LogP contribution < -0.4 is 14.5 Å². The van der Waals surface area contributed by atoms with Gasteiger partial charge in [-0.1, -0.05) is 23.2 Å². The van der Waals surface area contributed by atoms with Crippen molar-refractivity contribution in [2.24, 2.45) is 0 Å². The minimum absolute atomic E-state index is 0.220. The predicted molar refractivity (Wildman–Crippen MR) is 177 cm³/mol. The molecule has 2 aromatic carbocycles. The molecule has 6 amide bonds. The minimum Gasteiger partial charge on any atom is -0.459 e. The standard InChI is InChI=1S/C16H15ClF4N2O4.C14H14ClF4N3O4S/c1-7(2)27-14(25)8-4-11(10(18)5-9(8)17)23-13(24)6-12(16(19,20)21)22(3)15(23)26;1-3-27(25,26)20-9-5-10(8(16)4-7(9)15)22-12(23)6-11(14(17,18)19)21(2)13(22)24/h4-5,7,12H,6H2,1-3H3;4-5,11,20H,3,6H2,1-2H3. The normalized spacial score (nSPS) is 18.6. The van der Waals surface area contributed by atoms with Crippen molar-refractivity contribution < 1.29 is 72.3 Å². The van der Waals surface area contributed by atoms with E-state index in [1.807, 2.05) is 4.72 Å². The third kappa shape index (κ3) is 9.61. The maximum atomic E-state index is 14.3. The van der Waals surface area contributed by atoms with Crippen molar-refractivity contribution in [3.63, 3.8) is 0 Å². The fraction of sp³-hybridized carbons (Fsp3) is 0.433. The summed E-state index contributed by atoms with van der Waals surface area (Å²) in [5, 5.41) is -0.688. The zero-order valence-electron chi connectivity index (χ0n) is 28.4. The van der Waals surface area contributed by atoms with Crippen LogP contribution in [0.15, 0.2) is 24.3 Å². The molecule has 0 saturated carbocycles. The Morgan fingerprint density at radius 2 is 1.22 bits per heavy atom. The Kier molecular flexibility index (Phi) is 13.1. The summed E-state index contributed by atoms with van der Waals surface area (Å²) in [6, 6.07) is -4.53. The molecule has 0 aliphatic carbocycles. The quantitative estimate of drug-likeness (QED) is 0.238. The lowest BCUT2D eigenvalue weighted by Gasteiger charge is -2.38. The van der Waals surface area contributed by atoms with Crippen LogP contribution in [0.3, 0.4) is 0 Å². The van der Waals surface area contributed by atoms with Crippen molar-refractivity contribution in [1.29, 1.82) is 0 Å². The van der Waals surface area contributed by atoms with Crippen molar-refractivity contribution in [3.8, 4) is 0 Å². The fourth-order valence-corrected chi connectivity index (χ4v) is 6.03. The number of halogens is 10. The number of ether oxygens (including phenoxy) is 1. The number of amides is 6. The predicted octanol–water partition coefficient (Wildman–Crippen LogP) is 6.72. The van der Waals surface area contributed by atoms with Gasteiger partial charge in [0.15, 0.2) is 0 Å². The molecule has 13 nitrogen and oxygen atoms in total. The Morgan fingerprint density at radius 3 is 1.61 bits per heavy atom. The van der Waals surface area contributed by atoms with Gasteiger partial charge in [-0.25, -0.2) is 41.4 Å². The maximum Gasteiger partial charge on any atom is 0.409 e. The van der Waals surface area contributed by atoms with Gasteiger partial charge in [0.25, 0.3) is 0 Å². The number of nitrogens with zero attached hydrogens (tertiary/aromatic N) is 4. The zero-order valence-corrected chi connectivity index (χ0v) is 30.7. The number of hydrogen-bond donors (Lipinski definition) is 1. The van der Waals surface area contributed by atoms with Crippen LogP contribution in [0.5, 0.6) is 0 Å². The summed E-state index contributed by atoms with van der Waals surface area (Å²) in [5.74, 6) is -6.15. The second-order valence-corrected chi connectivity index (χ2v) is 14.6. The Morgan fingerprint density at radius 1 is 0.815 bits per heavy atom. The van der Waals surface area contributed by atoms with E-state index in [0.29, 0.717) is 17.0 Å². The van der Waals surface area contributed by atoms with Crippen LogP contribution in [-0.4, -0.2) is 98.5 Å². The number of imide groups is 2. The highest BCUT2D eigenvalue weighted by Gasteiger charge is 2.52. The van der Waals surface area contributed by atoms with Crippen LogP contribution in [-0.2, 0) is 24.3 Å². The summed E-state index contributed by atoms with van der Waals surface area (Å²) in [6.07, 6.45) is -12.4. The summed E-state index contributed by atoms with van der Waals surface area (Å²) in [4.78, 5) is 62.0. The first-order valence-corrected chi connectivity index (χ1v) is 17.6. The Hall–Kier alpha value is -4.44. The van der Waals surface area contributed by atoms with Gasteiger partial charge in [-0.2, -0.15) is 26.3 Å². The molecule has 2 unspecified atom stereocenters. The Bertz CT molecular complexity index is 1970. The molecule has 298 valence electrons. The van der Waals surface area contributed by atoms with Crippen LogP contribution in [0, 0.1) is 11.6 Å². The van der Waals surface area contributed by atoms with Crippen molar-refractivity contribution in [1.82, 2.24) is 9.80 Å². The molecule has 2 aliphatic rings. The van der Waals surface area contributed by atoms with Gasteiger partial charge in [-0.05, 0) is 45.0 Å². The number of alkyl halides is 6. The van der Waals surface area contributed by atoms with Gasteiger partial charge in [0.05, 0.1) is 57.4 Å². The third-order valence-corrected chi connectivity index (χ3v) is 9.59. The molecule has 2 aromatic rings. The molecule has 0 bridgehead atoms. The second-order valence-electron chi connectivity index (χ2n) is 11.8. The number of hydrogen-bond acceptors (Lipinski definition) is 8. The highest BCUT2D eigenvalue weighted by atomic mass is 35.5. The van der Waals surface area contributed by atoms with Gasteiger partial charge in [-0.15, -0.1) is 0 Å². The van der Waals surface area contributed by atoms with E-state index in [1.54, 1.807) is 13.8 Å². The summed E-state index contributed by atoms with van der Waals surface area (Å²) in [7, 11) is -2.15. The van der Waals surface area contributed by atoms with Crippen molar-refractivity contribution in [3.05, 3.63) is 51.5 Å². The molecular formula is C30H29Cl2F8N5O8S. The summed E-state index contributed by atoms with van der Waals surface area (Å²) >= 11 is 11.6. The highest BCUT2D eigenvalue weighted by Crippen LogP contribution is 2.38. The smallest absolute Gasteiger partial charge is 0.409 e. The van der Waals surface area contributed by atoms with E-state index in [-0.39, 0.29) is 41.7 Å². The first-order chi connectivity index (χ1) is 24.6. The van der Waals surface area contributed by atoms with Gasteiger partial charge in [0.1, 0.15) is 23.7 Å². The zero-order chi connectivity index (χ0) is 41.4. The fourth-order valence-electron chi connectivity index (χ4n) is 4.90. The molecule has 0 spiro atoms. The van der Waals surface area contributed by atoms with Crippen LogP contribution in [0.2, 0.25) is 10.0 Å². The molecule has 2 saturated heterocycles. The number of benzene rings is 2. The summed E-state index contributed by atoms with van der Waals surface area (Å²) < 4.78 is 137. The number of rotatable bonds is 7. The topological polar surface area (TPSA) is 154 Å². The van der Waals surface area contributed by atoms with E-state index < -0.39 is 106 Å². The van der Waals surface area contributed by atoms with Crippen LogP contribution in [0.1, 0.15) is 44.0 Å². The van der Waals surface area contributed by atoms with E-state index in [4.69, 9.17) is 27.9 Å². The Balaban J connectivity index is 0.000000290. The molecule has 0 aromatic heterocycles. The van der Waals surface area contributed by atoms with E-state index in [0.717, 1.165) is 26.2 Å². The third-order valence-electron chi connectivity index (χ3n) is 7.67. The SMILES string of the molecule is CC(C)OC(=O)c1cc(N2C(=O)CC(C(F)(F)F)N(C)C2=O)c(F)cc1Cl.CCS(=O)(=O)Nc1cc(N2C(=O)CC(C(F)(F)F)N(C)C2=O)c(F)cc1Cl. The van der Waals surface area contributed by atoms with Gasteiger partial charge >= 0.3 is 30.4 Å². The van der Waals surface area contributed by atoms with E-state index in [1.165, 1.54) is 6.92 Å². The van der Waals surface area contributed by atoms with Crippen LogP contribution in [0.4, 0.5) is 61.8 Å². The number of sulfonamides is 1. The lowest BCUT2D eigenvalue weighted by atomic mass is 10.1. The average molecular weight is 843 g/mol. The van der Waals surface area contributed by atoms with Gasteiger partial charge < -0.3 is 14.5 Å². The van der Waals surface area contributed by atoms with E-state index in [2.05, 4.69) is 0 Å². The Labute approximate surface area is 311 Å². The van der Waals surface area contributed by atoms with Gasteiger partial charge in [0, 0.05) is 14.1 Å². The number of carbonyl (C=O) groups is 5. The lowest BCUT2D eigenvalue weighted by Crippen LogP contribution is -2.60. The molecule has 2 aliphatic heterocycles. The summed E-state index contributed by atoms with van der Waals surface area (Å²) in [6.45, 7) is 4.44. The van der Waals surface area contributed by atoms with E-state index >= 15 is 0 Å². The molecule has 54 heavy (non-hydrogen) atoms. The van der Waals surface area contributed by atoms with Gasteiger partial charge in [0.2, 0.25) is 21.8 Å². The molecule has 2 atom stereocenters. The molecule has 4 rings (SSSR count). The molecule has 2 fully saturated rings. The largest absolute Gasteiger partial charge is 0.459 e. The van der Waals surface area contributed by atoms with Crippen molar-refractivity contribution in [2.75, 3.05) is 34.4 Å². The molecule has 0 radical (unpaired) electrons. The number of esters is 1. The first-order valence-electron chi connectivity index (χ1n) is 15.1. The van der Waals surface area contributed by atoms with Crippen LogP contribution in [0.25, 0.3) is 0 Å². The van der Waals surface area contributed by atoms with Gasteiger partial charge in [-0.3, -0.25) is 14.3 Å². The number of urea groups is 2. The molecular weight excluding hydrogens is 813 g/mol. The number of nitrogens with one attached hydrogen (secondary N) is 1. The lowest BCUT2D eigenvalue weighted by molar-refractivity contribution is -0.179. The highest BCUT2D eigenvalue weighted by molar-refractivity contribution is 7.92. The van der Waals surface area contributed by atoms with Crippen molar-refractivity contribution in [2.45, 2.75) is 64.2 Å². The maximum absolute atomic E-state index is 14.3. The first kappa shape index (κ1) is 44.0. The monoisotopic (exact) mass is 841 g/mol. The van der Waals surface area contributed by atoms with E-state index in [9.17, 15) is 67.5 Å². The summed E-state index contributed by atoms with van der Waals surface area (Å²) in [5.41, 5.74) is -2.05. The number of carbonyl (C=O) groups excluding carboxylic acids is 5. The molecule has 1 N–H and O–H groups in total. The average Bonchev–Trinajstić information content (AvgIpc) is 3.02. The van der Waals surface area contributed by atoms with Crippen LogP contribution >= 0.6 is 23.2 Å². The minimum atomic E-state index is -4.84. The second kappa shape index (κ2) is 16.1. The van der Waals surface area contributed by atoms with Crippen molar-refractivity contribution >= 4 is 80.1 Å².